The number of ether oxygens (including phenoxy) is 1. The fourth-order valence-electron chi connectivity index (χ4n) is 3.21. The summed E-state index contributed by atoms with van der Waals surface area (Å²) >= 11 is 1.14. The molecule has 0 spiro atoms. The molecule has 0 aliphatic rings. The van der Waals surface area contributed by atoms with Crippen LogP contribution in [0.25, 0.3) is 10.2 Å². The predicted octanol–water partition coefficient (Wildman–Crippen LogP) is 3.37. The van der Waals surface area contributed by atoms with Gasteiger partial charge >= 0.3 is 5.97 Å². The van der Waals surface area contributed by atoms with Crippen molar-refractivity contribution in [2.45, 2.75) is 73.0 Å². The second kappa shape index (κ2) is 9.32. The van der Waals surface area contributed by atoms with Gasteiger partial charge in [0.2, 0.25) is 5.91 Å². The number of amides is 1. The molecule has 154 valence electrons. The monoisotopic (exact) mass is 407 g/mol. The lowest BCUT2D eigenvalue weighted by Gasteiger charge is -2.34. The summed E-state index contributed by atoms with van der Waals surface area (Å²) in [5.41, 5.74) is 0.245. The molecular formula is C20H29N3O4S. The quantitative estimate of drug-likeness (QED) is 0.627. The smallest absolute Gasteiger partial charge is 0.348 e. The largest absolute Gasteiger partial charge is 0.462 e. The molecular weight excluding hydrogens is 378 g/mol. The van der Waals surface area contributed by atoms with E-state index in [1.165, 1.54) is 10.9 Å². The van der Waals surface area contributed by atoms with Crippen LogP contribution in [0.4, 0.5) is 0 Å². The van der Waals surface area contributed by atoms with E-state index in [0.29, 0.717) is 20.7 Å². The molecule has 8 heteroatoms. The fraction of sp³-hybridized carbons (Fsp3) is 0.600. The summed E-state index contributed by atoms with van der Waals surface area (Å²) in [6, 6.07) is 0.182. The number of esters is 1. The first-order valence-electron chi connectivity index (χ1n) is 9.73. The SMILES string of the molecule is CCOC(=O)c1sc2ncn(CC(=O)N([C@@H](C)CC)[C@@H](C)CC)c(=O)c2c1C. The molecule has 2 atom stereocenters. The van der Waals surface area contributed by atoms with Crippen molar-refractivity contribution < 1.29 is 14.3 Å². The molecule has 0 saturated heterocycles. The Labute approximate surface area is 169 Å². The minimum atomic E-state index is -0.454. The van der Waals surface area contributed by atoms with Gasteiger partial charge in [0.15, 0.2) is 0 Å². The van der Waals surface area contributed by atoms with Crippen LogP contribution in [0.1, 0.15) is 62.7 Å². The average Bonchev–Trinajstić information content (AvgIpc) is 3.01. The molecule has 28 heavy (non-hydrogen) atoms. The van der Waals surface area contributed by atoms with E-state index in [-0.39, 0.29) is 36.7 Å². The number of hydrogen-bond donors (Lipinski definition) is 0. The molecule has 0 fully saturated rings. The Bertz CT molecular complexity index is 908. The van der Waals surface area contributed by atoms with Crippen molar-refractivity contribution >= 4 is 33.4 Å². The fourth-order valence-corrected chi connectivity index (χ4v) is 4.24. The van der Waals surface area contributed by atoms with Crippen molar-refractivity contribution in [2.24, 2.45) is 0 Å². The van der Waals surface area contributed by atoms with E-state index >= 15 is 0 Å². The van der Waals surface area contributed by atoms with Crippen LogP contribution in [0, 0.1) is 6.92 Å². The third-order valence-electron chi connectivity index (χ3n) is 5.10. The third-order valence-corrected chi connectivity index (χ3v) is 6.28. The van der Waals surface area contributed by atoms with Crippen molar-refractivity contribution in [3.05, 3.63) is 27.1 Å². The number of carbonyl (C=O) groups excluding carboxylic acids is 2. The number of hydrogen-bond acceptors (Lipinski definition) is 6. The summed E-state index contributed by atoms with van der Waals surface area (Å²) in [6.45, 7) is 11.8. The molecule has 2 rings (SSSR count). The molecule has 1 amide bonds. The molecule has 0 unspecified atom stereocenters. The topological polar surface area (TPSA) is 81.5 Å². The van der Waals surface area contributed by atoms with Crippen LogP contribution in [-0.4, -0.2) is 45.0 Å². The summed E-state index contributed by atoms with van der Waals surface area (Å²) in [7, 11) is 0. The van der Waals surface area contributed by atoms with Crippen molar-refractivity contribution in [1.82, 2.24) is 14.5 Å². The highest BCUT2D eigenvalue weighted by Crippen LogP contribution is 2.27. The Morgan fingerprint density at radius 2 is 1.82 bits per heavy atom. The Morgan fingerprint density at radius 1 is 1.21 bits per heavy atom. The number of nitrogens with zero attached hydrogens (tertiary/aromatic N) is 3. The lowest BCUT2D eigenvalue weighted by molar-refractivity contribution is -0.136. The molecule has 2 heterocycles. The van der Waals surface area contributed by atoms with E-state index in [1.54, 1.807) is 13.8 Å². The van der Waals surface area contributed by atoms with Gasteiger partial charge in [0.1, 0.15) is 16.3 Å². The molecule has 0 aromatic carbocycles. The van der Waals surface area contributed by atoms with Crippen LogP contribution >= 0.6 is 11.3 Å². The summed E-state index contributed by atoms with van der Waals surface area (Å²) in [6.07, 6.45) is 3.07. The van der Waals surface area contributed by atoms with Crippen LogP contribution in [0.3, 0.4) is 0 Å². The number of thiophene rings is 1. The maximum absolute atomic E-state index is 13.0. The van der Waals surface area contributed by atoms with Gasteiger partial charge in [0.05, 0.1) is 18.3 Å². The lowest BCUT2D eigenvalue weighted by Crippen LogP contribution is -2.46. The molecule has 2 aromatic rings. The number of carbonyl (C=O) groups is 2. The van der Waals surface area contributed by atoms with Gasteiger partial charge in [0.25, 0.3) is 5.56 Å². The summed E-state index contributed by atoms with van der Waals surface area (Å²) in [5.74, 6) is -0.560. The van der Waals surface area contributed by atoms with Gasteiger partial charge in [-0.15, -0.1) is 11.3 Å². The van der Waals surface area contributed by atoms with E-state index in [9.17, 15) is 14.4 Å². The second-order valence-corrected chi connectivity index (χ2v) is 7.95. The van der Waals surface area contributed by atoms with Crippen LogP contribution in [-0.2, 0) is 16.1 Å². The van der Waals surface area contributed by atoms with E-state index in [4.69, 9.17) is 4.74 Å². The van der Waals surface area contributed by atoms with Gasteiger partial charge in [-0.3, -0.25) is 14.2 Å². The van der Waals surface area contributed by atoms with Gasteiger partial charge in [-0.25, -0.2) is 9.78 Å². The molecule has 7 nitrogen and oxygen atoms in total. The maximum Gasteiger partial charge on any atom is 0.348 e. The number of fused-ring (bicyclic) bond motifs is 1. The Morgan fingerprint density at radius 3 is 2.36 bits per heavy atom. The highest BCUT2D eigenvalue weighted by Gasteiger charge is 2.25. The number of rotatable bonds is 8. The average molecular weight is 408 g/mol. The molecule has 0 saturated carbocycles. The Kier molecular flexibility index (Phi) is 7.35. The minimum absolute atomic E-state index is 0.0690. The number of aromatic nitrogens is 2. The lowest BCUT2D eigenvalue weighted by atomic mass is 10.1. The predicted molar refractivity (Wildman–Crippen MR) is 111 cm³/mol. The van der Waals surface area contributed by atoms with Gasteiger partial charge in [0, 0.05) is 12.1 Å². The van der Waals surface area contributed by atoms with Crippen LogP contribution < -0.4 is 5.56 Å². The first-order chi connectivity index (χ1) is 13.3. The Hall–Kier alpha value is -2.22. The highest BCUT2D eigenvalue weighted by atomic mass is 32.1. The van der Waals surface area contributed by atoms with Crippen LogP contribution in [0.2, 0.25) is 0 Å². The minimum Gasteiger partial charge on any atom is -0.462 e. The molecule has 0 aliphatic heterocycles. The molecule has 0 N–H and O–H groups in total. The van der Waals surface area contributed by atoms with Crippen LogP contribution in [0.15, 0.2) is 11.1 Å². The van der Waals surface area contributed by atoms with E-state index in [0.717, 1.165) is 24.2 Å². The standard InChI is InChI=1S/C20H29N3O4S/c1-7-12(4)23(13(5)8-2)15(24)10-22-11-21-18-16(19(22)25)14(6)17(28-18)20(26)27-9-3/h11-13H,7-10H2,1-6H3/t12-,13-/m0/s1. The molecule has 0 bridgehead atoms. The van der Waals surface area contributed by atoms with E-state index in [2.05, 4.69) is 4.98 Å². The molecule has 0 aliphatic carbocycles. The van der Waals surface area contributed by atoms with E-state index in [1.807, 2.05) is 32.6 Å². The van der Waals surface area contributed by atoms with Gasteiger partial charge in [-0.05, 0) is 46.1 Å². The normalized spacial score (nSPS) is 13.4. The highest BCUT2D eigenvalue weighted by molar-refractivity contribution is 7.20. The second-order valence-electron chi connectivity index (χ2n) is 6.95. The van der Waals surface area contributed by atoms with Crippen molar-refractivity contribution in [1.29, 1.82) is 0 Å². The zero-order chi connectivity index (χ0) is 21.0. The van der Waals surface area contributed by atoms with Crippen molar-refractivity contribution in [3.63, 3.8) is 0 Å². The summed E-state index contributed by atoms with van der Waals surface area (Å²) < 4.78 is 6.39. The molecule has 0 radical (unpaired) electrons. The summed E-state index contributed by atoms with van der Waals surface area (Å²) in [5, 5.41) is 0.377. The maximum atomic E-state index is 13.0. The van der Waals surface area contributed by atoms with Crippen LogP contribution in [0.5, 0.6) is 0 Å². The Balaban J connectivity index is 2.41. The first-order valence-corrected chi connectivity index (χ1v) is 10.5. The zero-order valence-electron chi connectivity index (χ0n) is 17.4. The zero-order valence-corrected chi connectivity index (χ0v) is 18.3. The first kappa shape index (κ1) is 22.1. The number of aryl methyl sites for hydroxylation is 1. The van der Waals surface area contributed by atoms with Gasteiger partial charge in [-0.1, -0.05) is 13.8 Å². The van der Waals surface area contributed by atoms with Gasteiger partial charge < -0.3 is 9.64 Å². The molecule has 2 aromatic heterocycles. The third kappa shape index (κ3) is 4.27. The van der Waals surface area contributed by atoms with Crippen molar-refractivity contribution in [2.75, 3.05) is 6.61 Å². The van der Waals surface area contributed by atoms with Gasteiger partial charge in [-0.2, -0.15) is 0 Å². The van der Waals surface area contributed by atoms with Crippen molar-refractivity contribution in [3.8, 4) is 0 Å². The summed E-state index contributed by atoms with van der Waals surface area (Å²) in [4.78, 5) is 45.1. The van der Waals surface area contributed by atoms with E-state index < -0.39 is 5.97 Å².